The van der Waals surface area contributed by atoms with Gasteiger partial charge < -0.3 is 8.94 Å². The third-order valence-electron chi connectivity index (χ3n) is 1.31. The van der Waals surface area contributed by atoms with E-state index < -0.39 is 0 Å². The number of hydrogen-bond donors (Lipinski definition) is 0. The topological polar surface area (TPSA) is 52.1 Å². The fourth-order valence-corrected chi connectivity index (χ4v) is 0.819. The van der Waals surface area contributed by atoms with Gasteiger partial charge in [-0.05, 0) is 6.92 Å². The highest BCUT2D eigenvalue weighted by atomic mass is 16.5. The monoisotopic (exact) mass is 150 g/mol. The Hall–Kier alpha value is -1.58. The van der Waals surface area contributed by atoms with Crippen molar-refractivity contribution in [2.45, 2.75) is 6.92 Å². The molecule has 56 valence electrons. The van der Waals surface area contributed by atoms with E-state index in [0.29, 0.717) is 11.5 Å². The second-order valence-corrected chi connectivity index (χ2v) is 2.21. The van der Waals surface area contributed by atoms with Crippen LogP contribution in [0.5, 0.6) is 0 Å². The van der Waals surface area contributed by atoms with Gasteiger partial charge in [0.2, 0.25) is 0 Å². The Bertz CT molecular complexity index is 337. The zero-order valence-electron chi connectivity index (χ0n) is 5.94. The maximum Gasteiger partial charge on any atom is 0.188 e. The van der Waals surface area contributed by atoms with E-state index in [1.165, 1.54) is 12.7 Å². The normalized spacial score (nSPS) is 10.3. The third-order valence-corrected chi connectivity index (χ3v) is 1.31. The molecule has 0 aliphatic carbocycles. The van der Waals surface area contributed by atoms with Gasteiger partial charge in [-0.2, -0.15) is 0 Å². The number of oxazole rings is 1. The van der Waals surface area contributed by atoms with Crippen LogP contribution in [0.25, 0.3) is 11.5 Å². The van der Waals surface area contributed by atoms with Crippen LogP contribution in [0, 0.1) is 6.92 Å². The molecule has 11 heavy (non-hydrogen) atoms. The van der Waals surface area contributed by atoms with Crippen molar-refractivity contribution in [1.29, 1.82) is 0 Å². The number of rotatable bonds is 1. The Morgan fingerprint density at radius 2 is 2.36 bits per heavy atom. The molecule has 0 amide bonds. The lowest BCUT2D eigenvalue weighted by Crippen LogP contribution is -1.68. The summed E-state index contributed by atoms with van der Waals surface area (Å²) in [6.07, 6.45) is 2.87. The molecule has 2 aromatic rings. The summed E-state index contributed by atoms with van der Waals surface area (Å²) >= 11 is 0. The van der Waals surface area contributed by atoms with E-state index in [4.69, 9.17) is 8.94 Å². The summed E-state index contributed by atoms with van der Waals surface area (Å²) in [4.78, 5) is 3.90. The van der Waals surface area contributed by atoms with Crippen LogP contribution in [0.3, 0.4) is 0 Å². The van der Waals surface area contributed by atoms with Gasteiger partial charge in [0.15, 0.2) is 12.2 Å². The Labute approximate surface area is 62.8 Å². The minimum Gasteiger partial charge on any atom is -0.451 e. The van der Waals surface area contributed by atoms with Gasteiger partial charge in [-0.1, -0.05) is 5.16 Å². The number of aryl methyl sites for hydroxylation is 1. The van der Waals surface area contributed by atoms with Crippen LogP contribution in [0.2, 0.25) is 0 Å². The van der Waals surface area contributed by atoms with Gasteiger partial charge in [-0.25, -0.2) is 4.98 Å². The molecule has 2 rings (SSSR count). The predicted octanol–water partition coefficient (Wildman–Crippen LogP) is 1.64. The minimum atomic E-state index is 0.635. The molecule has 0 atom stereocenters. The van der Waals surface area contributed by atoms with Crippen LogP contribution in [-0.2, 0) is 0 Å². The summed E-state index contributed by atoms with van der Waals surface area (Å²) in [5.41, 5.74) is 1.51. The smallest absolute Gasteiger partial charge is 0.188 e. The molecule has 4 heteroatoms. The number of aromatic nitrogens is 2. The maximum atomic E-state index is 4.94. The van der Waals surface area contributed by atoms with E-state index in [-0.39, 0.29) is 0 Å². The Morgan fingerprint density at radius 3 is 2.91 bits per heavy atom. The SMILES string of the molecule is Cc1cc(-c2cocn2)on1. The quantitative estimate of drug-likeness (QED) is 0.620. The van der Waals surface area contributed by atoms with Gasteiger partial charge in [0.1, 0.15) is 12.0 Å². The summed E-state index contributed by atoms with van der Waals surface area (Å²) in [5, 5.41) is 3.72. The maximum absolute atomic E-state index is 4.94. The van der Waals surface area contributed by atoms with E-state index in [2.05, 4.69) is 10.1 Å². The van der Waals surface area contributed by atoms with E-state index in [1.54, 1.807) is 6.07 Å². The molecule has 0 spiro atoms. The van der Waals surface area contributed by atoms with Crippen molar-refractivity contribution in [3.63, 3.8) is 0 Å². The van der Waals surface area contributed by atoms with Crippen LogP contribution in [-0.4, -0.2) is 10.1 Å². The highest BCUT2D eigenvalue weighted by Crippen LogP contribution is 2.16. The minimum absolute atomic E-state index is 0.635. The Balaban J connectivity index is 2.45. The first-order valence-electron chi connectivity index (χ1n) is 3.18. The second kappa shape index (κ2) is 2.23. The van der Waals surface area contributed by atoms with Crippen LogP contribution in [0.4, 0.5) is 0 Å². The lowest BCUT2D eigenvalue weighted by atomic mass is 10.3. The lowest BCUT2D eigenvalue weighted by molar-refractivity contribution is 0.425. The molecule has 0 aliphatic rings. The first-order chi connectivity index (χ1) is 5.36. The average Bonchev–Trinajstić information content (AvgIpc) is 2.55. The zero-order valence-corrected chi connectivity index (χ0v) is 5.94. The van der Waals surface area contributed by atoms with E-state index in [9.17, 15) is 0 Å². The lowest BCUT2D eigenvalue weighted by Gasteiger charge is -1.79. The Morgan fingerprint density at radius 1 is 1.45 bits per heavy atom. The highest BCUT2D eigenvalue weighted by molar-refractivity contribution is 5.49. The van der Waals surface area contributed by atoms with Gasteiger partial charge in [-0.15, -0.1) is 0 Å². The van der Waals surface area contributed by atoms with E-state index in [1.807, 2.05) is 6.92 Å². The van der Waals surface area contributed by atoms with Crippen LogP contribution < -0.4 is 0 Å². The molecule has 0 radical (unpaired) electrons. The molecule has 4 nitrogen and oxygen atoms in total. The van der Waals surface area contributed by atoms with E-state index in [0.717, 1.165) is 5.69 Å². The fraction of sp³-hybridized carbons (Fsp3) is 0.143. The summed E-state index contributed by atoms with van der Waals surface area (Å²) in [6, 6.07) is 1.80. The molecule has 0 saturated heterocycles. The van der Waals surface area contributed by atoms with Crippen LogP contribution >= 0.6 is 0 Å². The summed E-state index contributed by atoms with van der Waals surface area (Å²) < 4.78 is 9.72. The molecule has 2 heterocycles. The van der Waals surface area contributed by atoms with Gasteiger partial charge in [0.05, 0.1) is 5.69 Å². The molecule has 0 N–H and O–H groups in total. The molecule has 0 bridgehead atoms. The summed E-state index contributed by atoms with van der Waals surface area (Å²) in [6.45, 7) is 1.85. The zero-order chi connectivity index (χ0) is 7.68. The first kappa shape index (κ1) is 6.15. The molecule has 0 saturated carbocycles. The standard InChI is InChI=1S/C7H6N2O2/c1-5-2-7(11-9-5)6-3-10-4-8-6/h2-4H,1H3. The van der Waals surface area contributed by atoms with Crippen molar-refractivity contribution in [3.8, 4) is 11.5 Å². The van der Waals surface area contributed by atoms with Gasteiger partial charge in [0.25, 0.3) is 0 Å². The molecule has 0 aromatic carbocycles. The molecular formula is C7H6N2O2. The van der Waals surface area contributed by atoms with Crippen LogP contribution in [0.15, 0.2) is 27.7 Å². The van der Waals surface area contributed by atoms with Crippen molar-refractivity contribution < 1.29 is 8.94 Å². The third kappa shape index (κ3) is 1.02. The molecular weight excluding hydrogens is 144 g/mol. The van der Waals surface area contributed by atoms with Crippen molar-refractivity contribution in [1.82, 2.24) is 10.1 Å². The van der Waals surface area contributed by atoms with Crippen molar-refractivity contribution in [2.75, 3.05) is 0 Å². The Kier molecular flexibility index (Phi) is 1.25. The van der Waals surface area contributed by atoms with Crippen molar-refractivity contribution in [3.05, 3.63) is 24.4 Å². The molecule has 0 unspecified atom stereocenters. The fourth-order valence-electron chi connectivity index (χ4n) is 0.819. The molecule has 2 aromatic heterocycles. The molecule has 0 fully saturated rings. The highest BCUT2D eigenvalue weighted by Gasteiger charge is 2.05. The van der Waals surface area contributed by atoms with E-state index >= 15 is 0 Å². The van der Waals surface area contributed by atoms with Crippen LogP contribution in [0.1, 0.15) is 5.69 Å². The largest absolute Gasteiger partial charge is 0.451 e. The van der Waals surface area contributed by atoms with Gasteiger partial charge in [0, 0.05) is 6.07 Å². The number of hydrogen-bond acceptors (Lipinski definition) is 4. The summed E-state index contributed by atoms with van der Waals surface area (Å²) in [5.74, 6) is 0.635. The molecule has 0 aliphatic heterocycles. The van der Waals surface area contributed by atoms with Gasteiger partial charge in [-0.3, -0.25) is 0 Å². The average molecular weight is 150 g/mol. The first-order valence-corrected chi connectivity index (χ1v) is 3.18. The predicted molar refractivity (Wildman–Crippen MR) is 36.7 cm³/mol. The summed E-state index contributed by atoms with van der Waals surface area (Å²) in [7, 11) is 0. The van der Waals surface area contributed by atoms with Crippen molar-refractivity contribution in [2.24, 2.45) is 0 Å². The van der Waals surface area contributed by atoms with Crippen molar-refractivity contribution >= 4 is 0 Å². The van der Waals surface area contributed by atoms with Gasteiger partial charge >= 0.3 is 0 Å². The number of nitrogens with zero attached hydrogens (tertiary/aromatic N) is 2. The second-order valence-electron chi connectivity index (χ2n) is 2.21.